The van der Waals surface area contributed by atoms with Crippen molar-refractivity contribution in [1.29, 1.82) is 0 Å². The molecule has 0 radical (unpaired) electrons. The molecule has 3 aromatic rings. The predicted molar refractivity (Wildman–Crippen MR) is 116 cm³/mol. The van der Waals surface area contributed by atoms with Crippen LogP contribution in [-0.2, 0) is 21.2 Å². The van der Waals surface area contributed by atoms with Gasteiger partial charge in [-0.3, -0.25) is 4.79 Å². The van der Waals surface area contributed by atoms with Crippen molar-refractivity contribution in [3.05, 3.63) is 64.1 Å². The minimum Gasteiger partial charge on any atom is -0.497 e. The molecule has 2 N–H and O–H groups in total. The number of anilines is 1. The zero-order valence-corrected chi connectivity index (χ0v) is 18.4. The molecule has 11 heteroatoms. The van der Waals surface area contributed by atoms with Gasteiger partial charge in [0.15, 0.2) is 0 Å². The van der Waals surface area contributed by atoms with Gasteiger partial charge in [0.25, 0.3) is 0 Å². The van der Waals surface area contributed by atoms with Crippen molar-refractivity contribution in [3.63, 3.8) is 0 Å². The highest BCUT2D eigenvalue weighted by atomic mass is 35.5. The fraction of sp³-hybridized carbons (Fsp3) is 0.211. The minimum atomic E-state index is -3.70. The number of hydrogen-bond acceptors (Lipinski definition) is 7. The summed E-state index contributed by atoms with van der Waals surface area (Å²) in [5.41, 5.74) is 1.04. The van der Waals surface area contributed by atoms with Crippen LogP contribution in [-0.4, -0.2) is 38.2 Å². The van der Waals surface area contributed by atoms with E-state index in [1.54, 1.807) is 7.11 Å². The number of nitrogens with one attached hydrogen (secondary N) is 2. The molecule has 0 bridgehead atoms. The van der Waals surface area contributed by atoms with Gasteiger partial charge in [-0.25, -0.2) is 13.1 Å². The smallest absolute Gasteiger partial charge is 0.240 e. The molecular formula is C19H19ClN4O4S2. The highest BCUT2D eigenvalue weighted by Gasteiger charge is 2.15. The van der Waals surface area contributed by atoms with Gasteiger partial charge in [0.1, 0.15) is 10.8 Å². The number of ether oxygens (including phenoxy) is 1. The summed E-state index contributed by atoms with van der Waals surface area (Å²) in [5.74, 6) is 0.414. The summed E-state index contributed by atoms with van der Waals surface area (Å²) >= 11 is 7.03. The summed E-state index contributed by atoms with van der Waals surface area (Å²) in [7, 11) is -2.10. The van der Waals surface area contributed by atoms with Gasteiger partial charge in [0, 0.05) is 24.4 Å². The molecule has 1 amide bonds. The standard InChI is InChI=1S/C19H19ClN4O4S2/c1-28-15-6-2-13(3-7-15)12-18-23-24-19(29-18)22-17(25)10-11-21-30(26,27)16-8-4-14(20)5-9-16/h2-9,21H,10-12H2,1H3,(H,22,24,25). The lowest BCUT2D eigenvalue weighted by molar-refractivity contribution is -0.116. The van der Waals surface area contributed by atoms with Gasteiger partial charge in [-0.1, -0.05) is 35.1 Å². The maximum Gasteiger partial charge on any atom is 0.240 e. The zero-order chi connectivity index (χ0) is 21.6. The summed E-state index contributed by atoms with van der Waals surface area (Å²) in [6.07, 6.45) is 0.540. The molecule has 30 heavy (non-hydrogen) atoms. The van der Waals surface area contributed by atoms with E-state index in [4.69, 9.17) is 16.3 Å². The van der Waals surface area contributed by atoms with Crippen molar-refractivity contribution < 1.29 is 17.9 Å². The molecule has 8 nitrogen and oxygen atoms in total. The van der Waals surface area contributed by atoms with Crippen LogP contribution in [0.3, 0.4) is 0 Å². The quantitative estimate of drug-likeness (QED) is 0.501. The molecule has 0 saturated carbocycles. The fourth-order valence-corrected chi connectivity index (χ4v) is 4.42. The van der Waals surface area contributed by atoms with Crippen LogP contribution in [0.5, 0.6) is 5.75 Å². The van der Waals surface area contributed by atoms with Crippen molar-refractivity contribution in [3.8, 4) is 5.75 Å². The number of rotatable bonds is 9. The third kappa shape index (κ3) is 6.23. The lowest BCUT2D eigenvalue weighted by Gasteiger charge is -2.06. The molecule has 0 aliphatic heterocycles. The van der Waals surface area contributed by atoms with Crippen LogP contribution in [0.25, 0.3) is 0 Å². The van der Waals surface area contributed by atoms with Crippen molar-refractivity contribution >= 4 is 44.0 Å². The number of benzene rings is 2. The number of carbonyl (C=O) groups is 1. The molecule has 0 aliphatic rings. The Hall–Kier alpha value is -2.53. The number of amides is 1. The number of aromatic nitrogens is 2. The SMILES string of the molecule is COc1ccc(Cc2nnc(NC(=O)CCNS(=O)(=O)c3ccc(Cl)cc3)s2)cc1. The van der Waals surface area contributed by atoms with Crippen LogP contribution >= 0.6 is 22.9 Å². The Balaban J connectivity index is 1.47. The van der Waals surface area contributed by atoms with Crippen LogP contribution in [0.2, 0.25) is 5.02 Å². The van der Waals surface area contributed by atoms with Crippen LogP contribution < -0.4 is 14.8 Å². The molecule has 0 spiro atoms. The van der Waals surface area contributed by atoms with E-state index >= 15 is 0 Å². The summed E-state index contributed by atoms with van der Waals surface area (Å²) in [6, 6.07) is 13.4. The lowest BCUT2D eigenvalue weighted by atomic mass is 10.1. The molecule has 1 heterocycles. The Labute approximate surface area is 183 Å². The molecule has 0 saturated heterocycles. The second-order valence-electron chi connectivity index (χ2n) is 6.18. The highest BCUT2D eigenvalue weighted by Crippen LogP contribution is 2.20. The van der Waals surface area contributed by atoms with E-state index < -0.39 is 10.0 Å². The van der Waals surface area contributed by atoms with Crippen molar-refractivity contribution in [2.24, 2.45) is 0 Å². The number of sulfonamides is 1. The van der Waals surface area contributed by atoms with E-state index in [9.17, 15) is 13.2 Å². The average molecular weight is 467 g/mol. The molecule has 2 aromatic carbocycles. The first-order valence-corrected chi connectivity index (χ1v) is 11.5. The number of carbonyl (C=O) groups excluding carboxylic acids is 1. The monoisotopic (exact) mass is 466 g/mol. The Bertz CT molecular complexity index is 1100. The van der Waals surface area contributed by atoms with Gasteiger partial charge in [-0.15, -0.1) is 10.2 Å². The fourth-order valence-electron chi connectivity index (χ4n) is 2.47. The molecule has 1 aromatic heterocycles. The molecule has 3 rings (SSSR count). The maximum absolute atomic E-state index is 12.2. The molecule has 0 atom stereocenters. The van der Waals surface area contributed by atoms with Gasteiger partial charge < -0.3 is 10.1 Å². The van der Waals surface area contributed by atoms with Crippen molar-refractivity contribution in [2.75, 3.05) is 19.0 Å². The van der Waals surface area contributed by atoms with E-state index in [-0.39, 0.29) is 23.8 Å². The second-order valence-corrected chi connectivity index (χ2v) is 9.44. The molecule has 0 unspecified atom stereocenters. The molecular weight excluding hydrogens is 448 g/mol. The minimum absolute atomic E-state index is 0.0415. The topological polar surface area (TPSA) is 110 Å². The average Bonchev–Trinajstić information content (AvgIpc) is 3.15. The first-order valence-electron chi connectivity index (χ1n) is 8.86. The Morgan fingerprint density at radius 1 is 1.10 bits per heavy atom. The third-order valence-electron chi connectivity index (χ3n) is 4.00. The predicted octanol–water partition coefficient (Wildman–Crippen LogP) is 3.10. The van der Waals surface area contributed by atoms with E-state index in [1.165, 1.54) is 35.6 Å². The van der Waals surface area contributed by atoms with E-state index in [2.05, 4.69) is 20.2 Å². The third-order valence-corrected chi connectivity index (χ3v) is 6.56. The van der Waals surface area contributed by atoms with Gasteiger partial charge >= 0.3 is 0 Å². The summed E-state index contributed by atoms with van der Waals surface area (Å²) < 4.78 is 31.9. The number of hydrogen-bond donors (Lipinski definition) is 2. The van der Waals surface area contributed by atoms with Crippen LogP contribution in [0.15, 0.2) is 53.4 Å². The Morgan fingerprint density at radius 2 is 1.80 bits per heavy atom. The van der Waals surface area contributed by atoms with E-state index in [0.29, 0.717) is 16.6 Å². The Kier molecular flexibility index (Phi) is 7.38. The number of methoxy groups -OCH3 is 1. The molecule has 0 fully saturated rings. The first kappa shape index (κ1) is 22.2. The second kappa shape index (κ2) is 9.98. The van der Waals surface area contributed by atoms with Gasteiger partial charge in [-0.2, -0.15) is 0 Å². The van der Waals surface area contributed by atoms with Gasteiger partial charge in [-0.05, 0) is 42.0 Å². The van der Waals surface area contributed by atoms with Gasteiger partial charge in [0.05, 0.1) is 12.0 Å². The van der Waals surface area contributed by atoms with Crippen LogP contribution in [0.4, 0.5) is 5.13 Å². The van der Waals surface area contributed by atoms with Crippen LogP contribution in [0.1, 0.15) is 17.0 Å². The molecule has 0 aliphatic carbocycles. The normalized spacial score (nSPS) is 11.3. The highest BCUT2D eigenvalue weighted by molar-refractivity contribution is 7.89. The van der Waals surface area contributed by atoms with Crippen LogP contribution in [0, 0.1) is 0 Å². The number of halogens is 1. The van der Waals surface area contributed by atoms with E-state index in [0.717, 1.165) is 16.3 Å². The van der Waals surface area contributed by atoms with Crippen molar-refractivity contribution in [2.45, 2.75) is 17.7 Å². The summed E-state index contributed by atoms with van der Waals surface area (Å²) in [5, 5.41) is 12.2. The van der Waals surface area contributed by atoms with Gasteiger partial charge in [0.2, 0.25) is 21.1 Å². The molecule has 158 valence electrons. The largest absolute Gasteiger partial charge is 0.497 e. The van der Waals surface area contributed by atoms with Crippen molar-refractivity contribution in [1.82, 2.24) is 14.9 Å². The number of nitrogens with zero attached hydrogens (tertiary/aromatic N) is 2. The maximum atomic E-state index is 12.2. The Morgan fingerprint density at radius 3 is 2.47 bits per heavy atom. The lowest BCUT2D eigenvalue weighted by Crippen LogP contribution is -2.27. The van der Waals surface area contributed by atoms with E-state index in [1.807, 2.05) is 24.3 Å². The zero-order valence-electron chi connectivity index (χ0n) is 16.0. The first-order chi connectivity index (χ1) is 14.4. The summed E-state index contributed by atoms with van der Waals surface area (Å²) in [4.78, 5) is 12.2. The summed E-state index contributed by atoms with van der Waals surface area (Å²) in [6.45, 7) is -0.0473.